The molecule has 2 N–H and O–H groups in total. The van der Waals surface area contributed by atoms with Crippen LogP contribution in [0, 0.1) is 0 Å². The SMILES string of the molecule is C=CC(=C)Nc1cc(COc2ccc(NC(C)=O)c3ccccc23)ccn1. The van der Waals surface area contributed by atoms with E-state index in [0.29, 0.717) is 18.1 Å². The molecule has 0 bridgehead atoms. The van der Waals surface area contributed by atoms with E-state index >= 15 is 0 Å². The van der Waals surface area contributed by atoms with E-state index < -0.39 is 0 Å². The first-order valence-corrected chi connectivity index (χ1v) is 8.52. The number of fused-ring (bicyclic) bond motifs is 1. The predicted molar refractivity (Wildman–Crippen MR) is 110 cm³/mol. The van der Waals surface area contributed by atoms with Crippen LogP contribution in [0.15, 0.2) is 79.7 Å². The number of hydrogen-bond acceptors (Lipinski definition) is 4. The largest absolute Gasteiger partial charge is 0.488 e. The molecule has 0 unspecified atom stereocenters. The zero-order chi connectivity index (χ0) is 19.2. The quantitative estimate of drug-likeness (QED) is 0.590. The van der Waals surface area contributed by atoms with Crippen LogP contribution in [-0.2, 0) is 11.4 Å². The lowest BCUT2D eigenvalue weighted by Gasteiger charge is -2.13. The molecule has 0 saturated heterocycles. The molecule has 5 nitrogen and oxygen atoms in total. The minimum absolute atomic E-state index is 0.105. The minimum Gasteiger partial charge on any atom is -0.488 e. The molecule has 0 spiro atoms. The number of pyridine rings is 1. The standard InChI is InChI=1S/C22H21N3O2/c1-4-15(2)24-22-13-17(11-12-23-22)14-27-21-10-9-20(25-16(3)26)18-7-5-6-8-19(18)21/h4-13H,1-2,14H2,3H3,(H,23,24)(H,25,26). The van der Waals surface area contributed by atoms with Gasteiger partial charge in [0.25, 0.3) is 0 Å². The van der Waals surface area contributed by atoms with Crippen molar-refractivity contribution in [3.8, 4) is 5.75 Å². The van der Waals surface area contributed by atoms with Crippen molar-refractivity contribution < 1.29 is 9.53 Å². The average molecular weight is 359 g/mol. The maximum Gasteiger partial charge on any atom is 0.221 e. The van der Waals surface area contributed by atoms with Gasteiger partial charge in [0.1, 0.15) is 18.2 Å². The molecular weight excluding hydrogens is 338 g/mol. The number of nitrogens with one attached hydrogen (secondary N) is 2. The maximum absolute atomic E-state index is 11.4. The lowest BCUT2D eigenvalue weighted by molar-refractivity contribution is -0.114. The van der Waals surface area contributed by atoms with Gasteiger partial charge in [-0.15, -0.1) is 0 Å². The fourth-order valence-corrected chi connectivity index (χ4v) is 2.70. The summed E-state index contributed by atoms with van der Waals surface area (Å²) in [6.45, 7) is 9.38. The fraction of sp³-hybridized carbons (Fsp3) is 0.0909. The van der Waals surface area contributed by atoms with E-state index in [0.717, 1.165) is 27.8 Å². The van der Waals surface area contributed by atoms with Crippen LogP contribution in [0.1, 0.15) is 12.5 Å². The van der Waals surface area contributed by atoms with E-state index in [2.05, 4.69) is 28.8 Å². The van der Waals surface area contributed by atoms with Crippen LogP contribution in [0.4, 0.5) is 11.5 Å². The van der Waals surface area contributed by atoms with Crippen LogP contribution in [0.3, 0.4) is 0 Å². The number of carbonyl (C=O) groups is 1. The van der Waals surface area contributed by atoms with Crippen molar-refractivity contribution in [3.63, 3.8) is 0 Å². The number of anilines is 2. The summed E-state index contributed by atoms with van der Waals surface area (Å²) in [6, 6.07) is 15.3. The average Bonchev–Trinajstić information content (AvgIpc) is 2.67. The van der Waals surface area contributed by atoms with Gasteiger partial charge in [-0.1, -0.05) is 37.4 Å². The number of amides is 1. The molecule has 2 aromatic carbocycles. The summed E-state index contributed by atoms with van der Waals surface area (Å²) in [6.07, 6.45) is 3.35. The van der Waals surface area contributed by atoms with Crippen molar-refractivity contribution in [1.82, 2.24) is 4.98 Å². The van der Waals surface area contributed by atoms with E-state index in [1.54, 1.807) is 12.3 Å². The molecule has 27 heavy (non-hydrogen) atoms. The molecule has 3 rings (SSSR count). The van der Waals surface area contributed by atoms with Gasteiger partial charge in [0.2, 0.25) is 5.91 Å². The second-order valence-electron chi connectivity index (χ2n) is 6.03. The molecule has 5 heteroatoms. The Morgan fingerprint density at radius 3 is 2.67 bits per heavy atom. The maximum atomic E-state index is 11.4. The monoisotopic (exact) mass is 359 g/mol. The minimum atomic E-state index is -0.105. The van der Waals surface area contributed by atoms with Crippen molar-refractivity contribution in [1.29, 1.82) is 0 Å². The van der Waals surface area contributed by atoms with Crippen molar-refractivity contribution in [2.24, 2.45) is 0 Å². The van der Waals surface area contributed by atoms with E-state index in [-0.39, 0.29) is 5.91 Å². The van der Waals surface area contributed by atoms with Crippen LogP contribution in [0.25, 0.3) is 10.8 Å². The van der Waals surface area contributed by atoms with Crippen LogP contribution in [-0.4, -0.2) is 10.9 Å². The first-order valence-electron chi connectivity index (χ1n) is 8.52. The number of ether oxygens (including phenoxy) is 1. The first-order chi connectivity index (χ1) is 13.1. The third-order valence-corrected chi connectivity index (χ3v) is 3.95. The summed E-state index contributed by atoms with van der Waals surface area (Å²) in [5.41, 5.74) is 2.42. The van der Waals surface area contributed by atoms with Crippen LogP contribution < -0.4 is 15.4 Å². The highest BCUT2D eigenvalue weighted by atomic mass is 16.5. The third kappa shape index (κ3) is 4.52. The molecular formula is C22H21N3O2. The van der Waals surface area contributed by atoms with Crippen LogP contribution in [0.2, 0.25) is 0 Å². The Kier molecular flexibility index (Phi) is 5.52. The summed E-state index contributed by atoms with van der Waals surface area (Å²) >= 11 is 0. The normalized spacial score (nSPS) is 10.3. The Labute approximate surface area is 158 Å². The van der Waals surface area contributed by atoms with Crippen molar-refractivity contribution in [2.45, 2.75) is 13.5 Å². The number of hydrogen-bond donors (Lipinski definition) is 2. The lowest BCUT2D eigenvalue weighted by atomic mass is 10.1. The molecule has 0 aliphatic carbocycles. The third-order valence-electron chi connectivity index (χ3n) is 3.95. The van der Waals surface area contributed by atoms with Crippen molar-refractivity contribution in [3.05, 3.63) is 85.2 Å². The number of allylic oxidation sites excluding steroid dienone is 1. The van der Waals surface area contributed by atoms with Crippen molar-refractivity contribution >= 4 is 28.2 Å². The molecule has 0 saturated carbocycles. The molecule has 136 valence electrons. The Morgan fingerprint density at radius 1 is 1.15 bits per heavy atom. The second-order valence-corrected chi connectivity index (χ2v) is 6.03. The second kappa shape index (κ2) is 8.19. The zero-order valence-electron chi connectivity index (χ0n) is 15.2. The van der Waals surface area contributed by atoms with Gasteiger partial charge in [-0.05, 0) is 35.9 Å². The van der Waals surface area contributed by atoms with E-state index in [9.17, 15) is 4.79 Å². The van der Waals surface area contributed by atoms with Gasteiger partial charge < -0.3 is 15.4 Å². The number of carbonyl (C=O) groups excluding carboxylic acids is 1. The van der Waals surface area contributed by atoms with Gasteiger partial charge in [0.05, 0.1) is 0 Å². The first kappa shape index (κ1) is 18.2. The van der Waals surface area contributed by atoms with E-state index in [1.165, 1.54) is 6.92 Å². The number of rotatable bonds is 7. The van der Waals surface area contributed by atoms with Gasteiger partial charge >= 0.3 is 0 Å². The molecule has 0 aliphatic heterocycles. The van der Waals surface area contributed by atoms with E-state index in [4.69, 9.17) is 4.74 Å². The van der Waals surface area contributed by atoms with Crippen LogP contribution >= 0.6 is 0 Å². The summed E-state index contributed by atoms with van der Waals surface area (Å²) in [5, 5.41) is 7.79. The van der Waals surface area contributed by atoms with Gasteiger partial charge in [0.15, 0.2) is 0 Å². The molecule has 0 aliphatic rings. The molecule has 1 amide bonds. The van der Waals surface area contributed by atoms with Gasteiger partial charge in [-0.3, -0.25) is 4.79 Å². The Bertz CT molecular complexity index is 1010. The highest BCUT2D eigenvalue weighted by molar-refractivity contribution is 6.03. The molecule has 0 fully saturated rings. The smallest absolute Gasteiger partial charge is 0.221 e. The predicted octanol–water partition coefficient (Wildman–Crippen LogP) is 4.88. The lowest BCUT2D eigenvalue weighted by Crippen LogP contribution is -2.06. The Balaban J connectivity index is 1.82. The molecule has 0 radical (unpaired) electrons. The van der Waals surface area contributed by atoms with Gasteiger partial charge in [-0.2, -0.15) is 0 Å². The Hall–Kier alpha value is -3.60. The topological polar surface area (TPSA) is 63.2 Å². The highest BCUT2D eigenvalue weighted by Gasteiger charge is 2.08. The van der Waals surface area contributed by atoms with Crippen LogP contribution in [0.5, 0.6) is 5.75 Å². The molecule has 1 aromatic heterocycles. The number of benzene rings is 2. The molecule has 1 heterocycles. The molecule has 3 aromatic rings. The van der Waals surface area contributed by atoms with E-state index in [1.807, 2.05) is 48.5 Å². The zero-order valence-corrected chi connectivity index (χ0v) is 15.2. The summed E-state index contributed by atoms with van der Waals surface area (Å²) in [7, 11) is 0. The highest BCUT2D eigenvalue weighted by Crippen LogP contribution is 2.32. The summed E-state index contributed by atoms with van der Waals surface area (Å²) in [5.74, 6) is 1.33. The summed E-state index contributed by atoms with van der Waals surface area (Å²) < 4.78 is 6.04. The van der Waals surface area contributed by atoms with Gasteiger partial charge in [-0.25, -0.2) is 4.98 Å². The number of nitrogens with zero attached hydrogens (tertiary/aromatic N) is 1. The Morgan fingerprint density at radius 2 is 1.93 bits per heavy atom. The summed E-state index contributed by atoms with van der Waals surface area (Å²) in [4.78, 5) is 15.7. The van der Waals surface area contributed by atoms with Crippen molar-refractivity contribution in [2.75, 3.05) is 10.6 Å². The fourth-order valence-electron chi connectivity index (χ4n) is 2.70. The van der Waals surface area contributed by atoms with Gasteiger partial charge in [0, 0.05) is 35.3 Å². The number of aromatic nitrogens is 1. The molecule has 0 atom stereocenters.